The van der Waals surface area contributed by atoms with E-state index in [-0.39, 0.29) is 12.5 Å². The molecular weight excluding hydrogens is 218 g/mol. The standard InChI is InChI=1S/C13H19NO3/c1-9-6-10(2)11(12(7-9)16-3)4-5-17-13(15)8-14/h6-7H,4-5,8,14H2,1-3H3. The van der Waals surface area contributed by atoms with Crippen LogP contribution in [-0.2, 0) is 16.0 Å². The highest BCUT2D eigenvalue weighted by atomic mass is 16.5. The summed E-state index contributed by atoms with van der Waals surface area (Å²) >= 11 is 0. The van der Waals surface area contributed by atoms with E-state index in [1.165, 1.54) is 0 Å². The fourth-order valence-electron chi connectivity index (χ4n) is 1.79. The first kappa shape index (κ1) is 13.5. The van der Waals surface area contributed by atoms with Gasteiger partial charge < -0.3 is 15.2 Å². The van der Waals surface area contributed by atoms with E-state index < -0.39 is 0 Å². The lowest BCUT2D eigenvalue weighted by atomic mass is 10.0. The molecule has 0 bridgehead atoms. The molecule has 0 spiro atoms. The van der Waals surface area contributed by atoms with Gasteiger partial charge in [0.15, 0.2) is 0 Å². The van der Waals surface area contributed by atoms with Crippen molar-refractivity contribution >= 4 is 5.97 Å². The molecule has 1 aromatic rings. The molecule has 0 atom stereocenters. The van der Waals surface area contributed by atoms with Crippen molar-refractivity contribution in [2.24, 2.45) is 5.73 Å². The maximum Gasteiger partial charge on any atom is 0.319 e. The second-order valence-electron chi connectivity index (χ2n) is 3.94. The Labute approximate surface area is 102 Å². The van der Waals surface area contributed by atoms with Gasteiger partial charge in [0.25, 0.3) is 0 Å². The topological polar surface area (TPSA) is 61.5 Å². The molecule has 17 heavy (non-hydrogen) atoms. The summed E-state index contributed by atoms with van der Waals surface area (Å²) in [7, 11) is 1.64. The van der Waals surface area contributed by atoms with Crippen LogP contribution in [0.15, 0.2) is 12.1 Å². The first-order chi connectivity index (χ1) is 8.08. The van der Waals surface area contributed by atoms with E-state index in [0.29, 0.717) is 13.0 Å². The van der Waals surface area contributed by atoms with Gasteiger partial charge in [-0.3, -0.25) is 4.79 Å². The summed E-state index contributed by atoms with van der Waals surface area (Å²) in [6.45, 7) is 4.30. The second-order valence-corrected chi connectivity index (χ2v) is 3.94. The van der Waals surface area contributed by atoms with Gasteiger partial charge >= 0.3 is 5.97 Å². The third-order valence-electron chi connectivity index (χ3n) is 2.58. The van der Waals surface area contributed by atoms with Gasteiger partial charge in [-0.2, -0.15) is 0 Å². The van der Waals surface area contributed by atoms with Crippen molar-refractivity contribution < 1.29 is 14.3 Å². The van der Waals surface area contributed by atoms with Gasteiger partial charge in [-0.15, -0.1) is 0 Å². The number of rotatable bonds is 5. The molecule has 1 rings (SSSR count). The van der Waals surface area contributed by atoms with Gasteiger partial charge in [0, 0.05) is 12.0 Å². The van der Waals surface area contributed by atoms with Crippen molar-refractivity contribution in [1.29, 1.82) is 0 Å². The third-order valence-corrected chi connectivity index (χ3v) is 2.58. The third kappa shape index (κ3) is 3.75. The predicted octanol–water partition coefficient (Wildman–Crippen LogP) is 1.36. The Hall–Kier alpha value is -1.55. The van der Waals surface area contributed by atoms with E-state index in [1.807, 2.05) is 19.9 Å². The van der Waals surface area contributed by atoms with E-state index in [1.54, 1.807) is 7.11 Å². The molecule has 1 aromatic carbocycles. The zero-order valence-corrected chi connectivity index (χ0v) is 10.6. The van der Waals surface area contributed by atoms with Crippen molar-refractivity contribution in [3.8, 4) is 5.75 Å². The molecule has 4 nitrogen and oxygen atoms in total. The average Bonchev–Trinajstić information content (AvgIpc) is 2.30. The molecule has 0 saturated heterocycles. The molecule has 4 heteroatoms. The largest absolute Gasteiger partial charge is 0.496 e. The van der Waals surface area contributed by atoms with Crippen molar-refractivity contribution in [3.63, 3.8) is 0 Å². The number of methoxy groups -OCH3 is 1. The molecular formula is C13H19NO3. The van der Waals surface area contributed by atoms with Crippen molar-refractivity contribution in [3.05, 3.63) is 28.8 Å². The number of carbonyl (C=O) groups is 1. The summed E-state index contributed by atoms with van der Waals surface area (Å²) in [6.07, 6.45) is 0.640. The van der Waals surface area contributed by atoms with Crippen LogP contribution in [0.25, 0.3) is 0 Å². The van der Waals surface area contributed by atoms with Gasteiger partial charge in [-0.25, -0.2) is 0 Å². The van der Waals surface area contributed by atoms with Gasteiger partial charge in [0.05, 0.1) is 20.3 Å². The molecule has 0 fully saturated rings. The highest BCUT2D eigenvalue weighted by molar-refractivity contribution is 5.71. The Morgan fingerprint density at radius 1 is 1.35 bits per heavy atom. The number of ether oxygens (including phenoxy) is 2. The molecule has 0 radical (unpaired) electrons. The van der Waals surface area contributed by atoms with Crippen LogP contribution in [0.3, 0.4) is 0 Å². The molecule has 0 unspecified atom stereocenters. The monoisotopic (exact) mass is 237 g/mol. The lowest BCUT2D eigenvalue weighted by molar-refractivity contribution is -0.141. The fourth-order valence-corrected chi connectivity index (χ4v) is 1.79. The summed E-state index contributed by atoms with van der Waals surface area (Å²) in [4.78, 5) is 10.9. The van der Waals surface area contributed by atoms with Crippen LogP contribution in [0, 0.1) is 13.8 Å². The Morgan fingerprint density at radius 3 is 2.65 bits per heavy atom. The fraction of sp³-hybridized carbons (Fsp3) is 0.462. The van der Waals surface area contributed by atoms with Crippen LogP contribution >= 0.6 is 0 Å². The number of hydrogen-bond acceptors (Lipinski definition) is 4. The Morgan fingerprint density at radius 2 is 2.06 bits per heavy atom. The number of benzene rings is 1. The Kier molecular flexibility index (Phi) is 4.97. The summed E-state index contributed by atoms with van der Waals surface area (Å²) in [6, 6.07) is 4.07. The number of nitrogens with two attached hydrogens (primary N) is 1. The molecule has 0 aliphatic carbocycles. The minimum Gasteiger partial charge on any atom is -0.496 e. The van der Waals surface area contributed by atoms with E-state index in [2.05, 4.69) is 6.07 Å². The number of aryl methyl sites for hydroxylation is 2. The van der Waals surface area contributed by atoms with Gasteiger partial charge in [0.2, 0.25) is 0 Å². The van der Waals surface area contributed by atoms with Crippen molar-refractivity contribution in [2.45, 2.75) is 20.3 Å². The summed E-state index contributed by atoms with van der Waals surface area (Å²) in [5.41, 5.74) is 8.53. The molecule has 0 saturated carbocycles. The zero-order chi connectivity index (χ0) is 12.8. The Bertz CT molecular complexity index is 402. The Balaban J connectivity index is 2.73. The predicted molar refractivity (Wildman–Crippen MR) is 66.2 cm³/mol. The van der Waals surface area contributed by atoms with Crippen LogP contribution in [0.4, 0.5) is 0 Å². The minimum atomic E-state index is -0.381. The maximum atomic E-state index is 10.9. The summed E-state index contributed by atoms with van der Waals surface area (Å²) in [5, 5.41) is 0. The normalized spacial score (nSPS) is 10.1. The average molecular weight is 237 g/mol. The lowest BCUT2D eigenvalue weighted by Gasteiger charge is -2.13. The molecule has 0 aliphatic rings. The maximum absolute atomic E-state index is 10.9. The summed E-state index contributed by atoms with van der Waals surface area (Å²) < 4.78 is 10.3. The molecule has 0 aliphatic heterocycles. The van der Waals surface area contributed by atoms with Crippen LogP contribution < -0.4 is 10.5 Å². The molecule has 94 valence electrons. The first-order valence-corrected chi connectivity index (χ1v) is 5.58. The quantitative estimate of drug-likeness (QED) is 0.785. The van der Waals surface area contributed by atoms with Crippen LogP contribution in [-0.4, -0.2) is 26.2 Å². The van der Waals surface area contributed by atoms with Crippen molar-refractivity contribution in [2.75, 3.05) is 20.3 Å². The minimum absolute atomic E-state index is 0.0794. The number of carbonyl (C=O) groups excluding carboxylic acids is 1. The van der Waals surface area contributed by atoms with Crippen LogP contribution in [0.5, 0.6) is 5.75 Å². The molecule has 0 aromatic heterocycles. The van der Waals surface area contributed by atoms with Crippen LogP contribution in [0.1, 0.15) is 16.7 Å². The van der Waals surface area contributed by atoms with E-state index in [0.717, 1.165) is 22.4 Å². The van der Waals surface area contributed by atoms with Gasteiger partial charge in [-0.05, 0) is 31.0 Å². The van der Waals surface area contributed by atoms with Crippen LogP contribution in [0.2, 0.25) is 0 Å². The zero-order valence-electron chi connectivity index (χ0n) is 10.6. The molecule has 0 heterocycles. The highest BCUT2D eigenvalue weighted by Gasteiger charge is 2.08. The van der Waals surface area contributed by atoms with E-state index in [4.69, 9.17) is 15.2 Å². The van der Waals surface area contributed by atoms with E-state index >= 15 is 0 Å². The smallest absolute Gasteiger partial charge is 0.319 e. The van der Waals surface area contributed by atoms with E-state index in [9.17, 15) is 4.79 Å². The van der Waals surface area contributed by atoms with Gasteiger partial charge in [-0.1, -0.05) is 6.07 Å². The second kappa shape index (κ2) is 6.25. The van der Waals surface area contributed by atoms with Gasteiger partial charge in [0.1, 0.15) is 5.75 Å². The highest BCUT2D eigenvalue weighted by Crippen LogP contribution is 2.24. The van der Waals surface area contributed by atoms with Crippen molar-refractivity contribution in [1.82, 2.24) is 0 Å². The first-order valence-electron chi connectivity index (χ1n) is 5.58. The molecule has 0 amide bonds. The number of esters is 1. The lowest BCUT2D eigenvalue weighted by Crippen LogP contribution is -2.18. The SMILES string of the molecule is COc1cc(C)cc(C)c1CCOC(=O)CN. The number of hydrogen-bond donors (Lipinski definition) is 1. The summed E-state index contributed by atoms with van der Waals surface area (Å²) in [5.74, 6) is 0.458. The molecule has 2 N–H and O–H groups in total.